The summed E-state index contributed by atoms with van der Waals surface area (Å²) in [7, 11) is -2.85. The molecule has 0 N–H and O–H groups in total. The van der Waals surface area contributed by atoms with Crippen LogP contribution in [0.25, 0.3) is 0 Å². The van der Waals surface area contributed by atoms with E-state index in [9.17, 15) is 9.59 Å². The molecule has 0 unspecified atom stereocenters. The first-order chi connectivity index (χ1) is 20.9. The van der Waals surface area contributed by atoms with E-state index in [1.165, 1.54) is 166 Å². The first-order valence-corrected chi connectivity index (χ1v) is 21.5. The fourth-order valence-corrected chi connectivity index (χ4v) is 6.64. The van der Waals surface area contributed by atoms with Gasteiger partial charge in [-0.1, -0.05) is 180 Å². The van der Waals surface area contributed by atoms with E-state index in [1.54, 1.807) is 13.1 Å². The van der Waals surface area contributed by atoms with Gasteiger partial charge < -0.3 is 8.85 Å². The van der Waals surface area contributed by atoms with Crippen LogP contribution in [0.1, 0.15) is 194 Å². The second kappa shape index (κ2) is 32.0. The average molecular weight is 621 g/mol. The van der Waals surface area contributed by atoms with Crippen molar-refractivity contribution in [1.82, 2.24) is 0 Å². The molecular formula is C38H72O4Si. The molecule has 4 nitrogen and oxygen atoms in total. The Hall–Kier alpha value is -1.36. The zero-order valence-corrected chi connectivity index (χ0v) is 30.2. The van der Waals surface area contributed by atoms with E-state index in [2.05, 4.69) is 13.8 Å². The third-order valence-electron chi connectivity index (χ3n) is 8.15. The topological polar surface area (TPSA) is 52.6 Å². The Morgan fingerprint density at radius 2 is 0.651 bits per heavy atom. The maximum absolute atomic E-state index is 12.2. The summed E-state index contributed by atoms with van der Waals surface area (Å²) in [6, 6.07) is 0. The largest absolute Gasteiger partial charge is 0.482 e. The van der Waals surface area contributed by atoms with Crippen LogP contribution in [0.2, 0.25) is 13.1 Å². The van der Waals surface area contributed by atoms with Crippen LogP contribution in [0.15, 0.2) is 24.3 Å². The maximum atomic E-state index is 12.2. The molecule has 0 fully saturated rings. The summed E-state index contributed by atoms with van der Waals surface area (Å²) in [5.74, 6) is -0.815. The van der Waals surface area contributed by atoms with Crippen LogP contribution in [-0.2, 0) is 18.4 Å². The maximum Gasteiger partial charge on any atom is 0.458 e. The fraction of sp³-hybridized carbons (Fsp3) is 0.842. The van der Waals surface area contributed by atoms with Crippen LogP contribution in [-0.4, -0.2) is 20.5 Å². The van der Waals surface area contributed by atoms with E-state index in [0.29, 0.717) is 0 Å². The van der Waals surface area contributed by atoms with Crippen LogP contribution < -0.4 is 0 Å². The number of unbranched alkanes of at least 4 members (excludes halogenated alkanes) is 26. The third-order valence-corrected chi connectivity index (χ3v) is 9.53. The predicted molar refractivity (Wildman–Crippen MR) is 189 cm³/mol. The van der Waals surface area contributed by atoms with Crippen molar-refractivity contribution in [3.05, 3.63) is 24.3 Å². The van der Waals surface area contributed by atoms with Crippen molar-refractivity contribution in [2.45, 2.75) is 207 Å². The first-order valence-electron chi connectivity index (χ1n) is 18.7. The van der Waals surface area contributed by atoms with Gasteiger partial charge in [0.2, 0.25) is 0 Å². The molecule has 0 rings (SSSR count). The summed E-state index contributed by atoms with van der Waals surface area (Å²) in [5.41, 5.74) is 0. The smallest absolute Gasteiger partial charge is 0.458 e. The Kier molecular flexibility index (Phi) is 31.0. The molecule has 0 aromatic heterocycles. The lowest BCUT2D eigenvalue weighted by molar-refractivity contribution is -0.135. The second-order valence-corrected chi connectivity index (χ2v) is 16.3. The highest BCUT2D eigenvalue weighted by Gasteiger charge is 2.32. The molecular weight excluding hydrogens is 549 g/mol. The molecule has 0 aromatic carbocycles. The molecule has 0 saturated carbocycles. The Balaban J connectivity index is 3.67. The lowest BCUT2D eigenvalue weighted by Crippen LogP contribution is -2.38. The summed E-state index contributed by atoms with van der Waals surface area (Å²) in [6.45, 7) is 8.02. The monoisotopic (exact) mass is 621 g/mol. The zero-order valence-electron chi connectivity index (χ0n) is 29.2. The summed E-state index contributed by atoms with van der Waals surface area (Å²) in [6.07, 6.45) is 43.3. The number of carbonyl (C=O) groups excluding carboxylic acids is 2. The molecule has 0 bridgehead atoms. The molecule has 0 radical (unpaired) electrons. The minimum absolute atomic E-state index is 0.407. The molecule has 0 aliphatic rings. The molecule has 252 valence electrons. The predicted octanol–water partition coefficient (Wildman–Crippen LogP) is 12.8. The van der Waals surface area contributed by atoms with E-state index in [4.69, 9.17) is 8.85 Å². The molecule has 0 saturated heterocycles. The number of rotatable bonds is 32. The molecule has 0 heterocycles. The van der Waals surface area contributed by atoms with Gasteiger partial charge in [0.05, 0.1) is 0 Å². The van der Waals surface area contributed by atoms with Crippen molar-refractivity contribution in [2.24, 2.45) is 0 Å². The van der Waals surface area contributed by atoms with E-state index in [0.717, 1.165) is 25.7 Å². The normalized spacial score (nSPS) is 12.0. The van der Waals surface area contributed by atoms with E-state index < -0.39 is 20.5 Å². The number of hydrogen-bond acceptors (Lipinski definition) is 4. The average Bonchev–Trinajstić information content (AvgIpc) is 2.96. The van der Waals surface area contributed by atoms with Gasteiger partial charge in [0.25, 0.3) is 0 Å². The van der Waals surface area contributed by atoms with Gasteiger partial charge in [-0.3, -0.25) is 0 Å². The van der Waals surface area contributed by atoms with Crippen molar-refractivity contribution in [3.63, 3.8) is 0 Å². The molecule has 0 spiro atoms. The summed E-state index contributed by atoms with van der Waals surface area (Å²) in [5, 5.41) is 0. The van der Waals surface area contributed by atoms with Crippen LogP contribution in [0.3, 0.4) is 0 Å². The molecule has 0 aliphatic carbocycles. The third kappa shape index (κ3) is 33.4. The highest BCUT2D eigenvalue weighted by molar-refractivity contribution is 6.68. The zero-order chi connectivity index (χ0) is 31.7. The van der Waals surface area contributed by atoms with Crippen molar-refractivity contribution < 1.29 is 18.4 Å². The Morgan fingerprint density at radius 1 is 0.419 bits per heavy atom. The minimum Gasteiger partial charge on any atom is -0.482 e. The lowest BCUT2D eigenvalue weighted by atomic mass is 10.0. The van der Waals surface area contributed by atoms with Gasteiger partial charge in [0, 0.05) is 25.2 Å². The highest BCUT2D eigenvalue weighted by atomic mass is 28.4. The van der Waals surface area contributed by atoms with Crippen molar-refractivity contribution in [1.29, 1.82) is 0 Å². The van der Waals surface area contributed by atoms with E-state index in [1.807, 2.05) is 12.2 Å². The van der Waals surface area contributed by atoms with Gasteiger partial charge >= 0.3 is 20.5 Å². The molecule has 0 atom stereocenters. The number of carbonyl (C=O) groups is 2. The number of allylic oxidation sites excluding steroid dienone is 2. The molecule has 5 heteroatoms. The van der Waals surface area contributed by atoms with Crippen LogP contribution in [0, 0.1) is 0 Å². The molecule has 0 amide bonds. The van der Waals surface area contributed by atoms with Gasteiger partial charge in [0.15, 0.2) is 0 Å². The highest BCUT2D eigenvalue weighted by Crippen LogP contribution is 2.15. The lowest BCUT2D eigenvalue weighted by Gasteiger charge is -2.20. The molecule has 43 heavy (non-hydrogen) atoms. The van der Waals surface area contributed by atoms with E-state index >= 15 is 0 Å². The standard InChI is InChI=1S/C38H72O4Si/c1-5-7-9-11-13-15-17-19-21-23-25-27-29-31-33-35-37(39)41-43(3,4)42-38(40)36-34-32-30-28-26-24-22-20-18-16-14-12-10-8-6-2/h33-36H,5-32H2,1-4H3. The molecule has 0 aromatic rings. The van der Waals surface area contributed by atoms with Gasteiger partial charge in [-0.2, -0.15) is 0 Å². The second-order valence-electron chi connectivity index (χ2n) is 13.1. The van der Waals surface area contributed by atoms with Crippen LogP contribution in [0.4, 0.5) is 0 Å². The van der Waals surface area contributed by atoms with Gasteiger partial charge in [0.1, 0.15) is 0 Å². The number of hydrogen-bond donors (Lipinski definition) is 0. The van der Waals surface area contributed by atoms with Crippen LogP contribution in [0.5, 0.6) is 0 Å². The SMILES string of the molecule is CCCCCCCCCCCCCCCC=CC(=O)O[Si](C)(C)OC(=O)C=CCCCCCCCCCCCCCCC. The van der Waals surface area contributed by atoms with Crippen molar-refractivity contribution in [2.75, 3.05) is 0 Å². The van der Waals surface area contributed by atoms with Crippen molar-refractivity contribution in [3.8, 4) is 0 Å². The molecule has 0 aliphatic heterocycles. The minimum atomic E-state index is -2.85. The Bertz CT molecular complexity index is 629. The Morgan fingerprint density at radius 3 is 0.907 bits per heavy atom. The fourth-order valence-electron chi connectivity index (χ4n) is 5.49. The van der Waals surface area contributed by atoms with Crippen molar-refractivity contribution >= 4 is 20.5 Å². The van der Waals surface area contributed by atoms with Gasteiger partial charge in [-0.05, 0) is 25.7 Å². The van der Waals surface area contributed by atoms with Gasteiger partial charge in [-0.15, -0.1) is 0 Å². The first kappa shape index (κ1) is 41.6. The van der Waals surface area contributed by atoms with E-state index in [-0.39, 0.29) is 0 Å². The summed E-state index contributed by atoms with van der Waals surface area (Å²) < 4.78 is 11.0. The van der Waals surface area contributed by atoms with Crippen LogP contribution >= 0.6 is 0 Å². The summed E-state index contributed by atoms with van der Waals surface area (Å²) >= 11 is 0. The quantitative estimate of drug-likeness (QED) is 0.0426. The summed E-state index contributed by atoms with van der Waals surface area (Å²) in [4.78, 5) is 24.4. The van der Waals surface area contributed by atoms with Gasteiger partial charge in [-0.25, -0.2) is 9.59 Å². The Labute approximate surface area is 269 Å².